The Bertz CT molecular complexity index is 557. The average molecular weight is 234 g/mol. The fourth-order valence-corrected chi connectivity index (χ4v) is 3.54. The standard InChI is InChI=1S/C12H11O3P/c13-16(14)7-3-5-10-9-4-1-2-6-11(9)15-8-12(10)16/h1-6H,7-8H2,(H,13,14). The van der Waals surface area contributed by atoms with Crippen molar-refractivity contribution in [1.29, 1.82) is 0 Å². The first-order chi connectivity index (χ1) is 7.68. The molecule has 0 spiro atoms. The SMILES string of the molecule is O=P1(O)CC=CC2=C1COc1ccccc12. The molecule has 0 radical (unpaired) electrons. The van der Waals surface area contributed by atoms with Crippen molar-refractivity contribution in [2.45, 2.75) is 0 Å². The van der Waals surface area contributed by atoms with Gasteiger partial charge in [0, 0.05) is 11.7 Å². The van der Waals surface area contributed by atoms with Gasteiger partial charge in [0.25, 0.3) is 0 Å². The molecule has 0 amide bonds. The molecule has 1 aromatic carbocycles. The van der Waals surface area contributed by atoms with Crippen LogP contribution in [0.1, 0.15) is 5.56 Å². The van der Waals surface area contributed by atoms with Gasteiger partial charge < -0.3 is 9.63 Å². The Kier molecular flexibility index (Phi) is 2.06. The molecule has 0 fully saturated rings. The molecule has 0 aromatic heterocycles. The van der Waals surface area contributed by atoms with Gasteiger partial charge in [-0.3, -0.25) is 4.57 Å². The summed E-state index contributed by atoms with van der Waals surface area (Å²) in [5.74, 6) is 0.785. The number of allylic oxidation sites excluding steroid dienone is 3. The number of para-hydroxylation sites is 1. The van der Waals surface area contributed by atoms with Crippen molar-refractivity contribution in [3.05, 3.63) is 47.3 Å². The molecule has 3 nitrogen and oxygen atoms in total. The third kappa shape index (κ3) is 1.36. The van der Waals surface area contributed by atoms with Gasteiger partial charge in [-0.15, -0.1) is 0 Å². The lowest BCUT2D eigenvalue weighted by Crippen LogP contribution is -2.13. The van der Waals surface area contributed by atoms with Crippen LogP contribution >= 0.6 is 7.37 Å². The van der Waals surface area contributed by atoms with E-state index in [1.165, 1.54) is 0 Å². The van der Waals surface area contributed by atoms with E-state index < -0.39 is 7.37 Å². The number of rotatable bonds is 0. The zero-order valence-electron chi connectivity index (χ0n) is 8.59. The summed E-state index contributed by atoms with van der Waals surface area (Å²) in [6.07, 6.45) is 3.90. The number of ether oxygens (including phenoxy) is 1. The summed E-state index contributed by atoms with van der Waals surface area (Å²) in [7, 11) is -3.21. The molecular weight excluding hydrogens is 223 g/mol. The Labute approximate surface area is 93.5 Å². The van der Waals surface area contributed by atoms with Crippen molar-refractivity contribution in [3.8, 4) is 5.75 Å². The number of benzene rings is 1. The van der Waals surface area contributed by atoms with Gasteiger partial charge in [0.15, 0.2) is 0 Å². The first-order valence-electron chi connectivity index (χ1n) is 5.13. The van der Waals surface area contributed by atoms with E-state index in [4.69, 9.17) is 4.74 Å². The van der Waals surface area contributed by atoms with Crippen LogP contribution in [-0.2, 0) is 4.57 Å². The predicted molar refractivity (Wildman–Crippen MR) is 62.7 cm³/mol. The Hall–Kier alpha value is -1.31. The largest absolute Gasteiger partial charge is 0.488 e. The van der Waals surface area contributed by atoms with Crippen LogP contribution in [0.4, 0.5) is 0 Å². The van der Waals surface area contributed by atoms with Crippen LogP contribution < -0.4 is 4.74 Å². The summed E-state index contributed by atoms with van der Waals surface area (Å²) in [4.78, 5) is 9.86. The molecule has 1 N–H and O–H groups in total. The molecule has 1 aromatic rings. The van der Waals surface area contributed by atoms with Crippen LogP contribution in [0.15, 0.2) is 41.7 Å². The van der Waals surface area contributed by atoms with E-state index >= 15 is 0 Å². The average Bonchev–Trinajstić information content (AvgIpc) is 2.28. The maximum Gasteiger partial charge on any atom is 0.233 e. The maximum absolute atomic E-state index is 12.0. The molecule has 0 bridgehead atoms. The van der Waals surface area contributed by atoms with E-state index in [2.05, 4.69) is 0 Å². The van der Waals surface area contributed by atoms with Crippen molar-refractivity contribution < 1.29 is 14.2 Å². The van der Waals surface area contributed by atoms with Gasteiger partial charge in [0.05, 0.1) is 5.31 Å². The highest BCUT2D eigenvalue weighted by atomic mass is 31.2. The van der Waals surface area contributed by atoms with E-state index in [0.29, 0.717) is 5.31 Å². The molecule has 4 heteroatoms. The second-order valence-electron chi connectivity index (χ2n) is 3.93. The van der Waals surface area contributed by atoms with Crippen molar-refractivity contribution in [3.63, 3.8) is 0 Å². The highest BCUT2D eigenvalue weighted by Gasteiger charge is 2.32. The minimum Gasteiger partial charge on any atom is -0.488 e. The second-order valence-corrected chi connectivity index (χ2v) is 6.24. The molecule has 16 heavy (non-hydrogen) atoms. The van der Waals surface area contributed by atoms with Crippen LogP contribution in [0.3, 0.4) is 0 Å². The Morgan fingerprint density at radius 2 is 2.12 bits per heavy atom. The summed E-state index contributed by atoms with van der Waals surface area (Å²) in [5, 5.41) is 0.550. The number of fused-ring (bicyclic) bond motifs is 2. The molecule has 2 aliphatic rings. The molecule has 0 aliphatic carbocycles. The molecule has 1 atom stereocenters. The molecule has 2 aliphatic heterocycles. The van der Waals surface area contributed by atoms with Crippen LogP contribution in [0.25, 0.3) is 5.57 Å². The highest BCUT2D eigenvalue weighted by Crippen LogP contribution is 2.57. The minimum absolute atomic E-state index is 0.220. The van der Waals surface area contributed by atoms with Crippen LogP contribution in [-0.4, -0.2) is 17.7 Å². The fraction of sp³-hybridized carbons (Fsp3) is 0.167. The Balaban J connectivity index is 2.25. The van der Waals surface area contributed by atoms with Gasteiger partial charge in [-0.25, -0.2) is 0 Å². The second kappa shape index (κ2) is 3.34. The predicted octanol–water partition coefficient (Wildman–Crippen LogP) is 2.63. The molecule has 1 unspecified atom stereocenters. The van der Waals surface area contributed by atoms with Crippen LogP contribution in [0.5, 0.6) is 5.75 Å². The summed E-state index contributed by atoms with van der Waals surface area (Å²) in [6.45, 7) is 0.227. The first kappa shape index (κ1) is 9.88. The van der Waals surface area contributed by atoms with Gasteiger partial charge in [0.2, 0.25) is 7.37 Å². The van der Waals surface area contributed by atoms with Crippen molar-refractivity contribution >= 4 is 12.9 Å². The molecular formula is C12H11O3P. The summed E-state index contributed by atoms with van der Waals surface area (Å²) >= 11 is 0. The summed E-state index contributed by atoms with van der Waals surface area (Å²) < 4.78 is 17.5. The van der Waals surface area contributed by atoms with Crippen LogP contribution in [0, 0.1) is 0 Å². The van der Waals surface area contributed by atoms with Crippen molar-refractivity contribution in [2.24, 2.45) is 0 Å². The highest BCUT2D eigenvalue weighted by molar-refractivity contribution is 7.63. The Morgan fingerprint density at radius 3 is 3.00 bits per heavy atom. The number of hydrogen-bond acceptors (Lipinski definition) is 2. The van der Waals surface area contributed by atoms with Crippen molar-refractivity contribution in [2.75, 3.05) is 12.8 Å². The van der Waals surface area contributed by atoms with E-state index in [1.807, 2.05) is 30.3 Å². The smallest absolute Gasteiger partial charge is 0.233 e. The van der Waals surface area contributed by atoms with E-state index in [1.54, 1.807) is 6.08 Å². The van der Waals surface area contributed by atoms with E-state index in [9.17, 15) is 9.46 Å². The van der Waals surface area contributed by atoms with Crippen LogP contribution in [0.2, 0.25) is 0 Å². The summed E-state index contributed by atoms with van der Waals surface area (Å²) in [5.41, 5.74) is 1.77. The molecule has 0 saturated heterocycles. The molecule has 3 rings (SSSR count). The van der Waals surface area contributed by atoms with Gasteiger partial charge in [0.1, 0.15) is 12.4 Å². The van der Waals surface area contributed by atoms with Gasteiger partial charge >= 0.3 is 0 Å². The lowest BCUT2D eigenvalue weighted by molar-refractivity contribution is 0.348. The van der Waals surface area contributed by atoms with Gasteiger partial charge in [-0.2, -0.15) is 0 Å². The monoisotopic (exact) mass is 234 g/mol. The summed E-state index contributed by atoms with van der Waals surface area (Å²) in [6, 6.07) is 7.60. The van der Waals surface area contributed by atoms with Gasteiger partial charge in [-0.1, -0.05) is 30.4 Å². The van der Waals surface area contributed by atoms with E-state index in [-0.39, 0.29) is 12.8 Å². The number of hydrogen-bond donors (Lipinski definition) is 1. The molecule has 2 heterocycles. The quantitative estimate of drug-likeness (QED) is 0.702. The molecule has 0 saturated carbocycles. The zero-order valence-corrected chi connectivity index (χ0v) is 9.48. The zero-order chi connectivity index (χ0) is 11.2. The topological polar surface area (TPSA) is 46.5 Å². The lowest BCUT2D eigenvalue weighted by Gasteiger charge is -2.27. The first-order valence-corrected chi connectivity index (χ1v) is 6.97. The Morgan fingerprint density at radius 1 is 1.31 bits per heavy atom. The van der Waals surface area contributed by atoms with E-state index in [0.717, 1.165) is 16.9 Å². The lowest BCUT2D eigenvalue weighted by atomic mass is 10.0. The fourth-order valence-electron chi connectivity index (χ4n) is 2.09. The maximum atomic E-state index is 12.0. The molecule has 82 valence electrons. The van der Waals surface area contributed by atoms with Gasteiger partial charge in [-0.05, 0) is 11.6 Å². The minimum atomic E-state index is -3.21. The third-order valence-electron chi connectivity index (χ3n) is 2.91. The van der Waals surface area contributed by atoms with Crippen molar-refractivity contribution in [1.82, 2.24) is 0 Å². The third-order valence-corrected chi connectivity index (χ3v) is 4.83. The normalized spacial score (nSPS) is 27.1.